The Hall–Kier alpha value is -1.43. The number of H-pyrrole nitrogens is 1. The van der Waals surface area contributed by atoms with Gasteiger partial charge in [0, 0.05) is 0 Å². The maximum Gasteiger partial charge on any atom is 0.309 e. The SMILES string of the molecule is C1CCNC1.Cc1[nH]ncc1[N+](=O)[O-]. The molecule has 0 saturated carbocycles. The van der Waals surface area contributed by atoms with Gasteiger partial charge < -0.3 is 5.32 Å². The lowest BCUT2D eigenvalue weighted by atomic mass is 10.4. The molecule has 2 rings (SSSR count). The standard InChI is InChI=1S/C4H5N3O2.C4H9N/c1-3-4(7(8)9)2-5-6-3;1-2-4-5-3-1/h2H,1H3,(H,5,6);5H,1-4H2. The first-order valence-electron chi connectivity index (χ1n) is 4.57. The number of rotatable bonds is 1. The normalized spacial score (nSPS) is 14.6. The molecule has 0 amide bonds. The third-order valence-corrected chi connectivity index (χ3v) is 1.96. The van der Waals surface area contributed by atoms with E-state index >= 15 is 0 Å². The summed E-state index contributed by atoms with van der Waals surface area (Å²) in [6, 6.07) is 0. The van der Waals surface area contributed by atoms with Crippen LogP contribution in [0.4, 0.5) is 5.69 Å². The second-order valence-electron chi connectivity index (χ2n) is 3.09. The highest BCUT2D eigenvalue weighted by molar-refractivity contribution is 5.29. The van der Waals surface area contributed by atoms with E-state index in [1.165, 1.54) is 32.1 Å². The number of aryl methyl sites for hydroxylation is 1. The van der Waals surface area contributed by atoms with Crippen LogP contribution in [0, 0.1) is 17.0 Å². The summed E-state index contributed by atoms with van der Waals surface area (Å²) in [5.74, 6) is 0. The minimum Gasteiger partial charge on any atom is -0.317 e. The zero-order valence-electron chi connectivity index (χ0n) is 8.12. The number of nitrogens with zero attached hydrogens (tertiary/aromatic N) is 2. The molecule has 0 bridgehead atoms. The predicted molar refractivity (Wildman–Crippen MR) is 52.1 cm³/mol. The number of hydrogen-bond donors (Lipinski definition) is 2. The Labute approximate surface area is 81.9 Å². The molecule has 0 aliphatic carbocycles. The van der Waals surface area contributed by atoms with Crippen molar-refractivity contribution in [2.75, 3.05) is 13.1 Å². The summed E-state index contributed by atoms with van der Waals surface area (Å²) in [5, 5.41) is 19.2. The van der Waals surface area contributed by atoms with Crippen molar-refractivity contribution in [2.45, 2.75) is 19.8 Å². The van der Waals surface area contributed by atoms with Gasteiger partial charge in [-0.2, -0.15) is 5.10 Å². The second kappa shape index (κ2) is 5.33. The largest absolute Gasteiger partial charge is 0.317 e. The molecule has 0 atom stereocenters. The highest BCUT2D eigenvalue weighted by atomic mass is 16.6. The predicted octanol–water partition coefficient (Wildman–Crippen LogP) is 0.996. The molecular weight excluding hydrogens is 184 g/mol. The molecule has 1 aromatic rings. The summed E-state index contributed by atoms with van der Waals surface area (Å²) >= 11 is 0. The Bertz CT molecular complexity index is 286. The van der Waals surface area contributed by atoms with Gasteiger partial charge in [-0.15, -0.1) is 0 Å². The van der Waals surface area contributed by atoms with Crippen molar-refractivity contribution in [3.63, 3.8) is 0 Å². The zero-order chi connectivity index (χ0) is 10.4. The first-order chi connectivity index (χ1) is 6.72. The number of nitrogens with one attached hydrogen (secondary N) is 2. The molecule has 1 saturated heterocycles. The van der Waals surface area contributed by atoms with E-state index in [1.54, 1.807) is 6.92 Å². The molecule has 0 spiro atoms. The molecule has 0 radical (unpaired) electrons. The van der Waals surface area contributed by atoms with Crippen molar-refractivity contribution in [3.05, 3.63) is 22.0 Å². The minimum atomic E-state index is -0.473. The van der Waals surface area contributed by atoms with Crippen LogP contribution in [0.3, 0.4) is 0 Å². The van der Waals surface area contributed by atoms with Crippen LogP contribution < -0.4 is 5.32 Å². The third kappa shape index (κ3) is 3.14. The minimum absolute atomic E-state index is 0.0370. The lowest BCUT2D eigenvalue weighted by Gasteiger charge is -1.82. The number of aromatic amines is 1. The van der Waals surface area contributed by atoms with Gasteiger partial charge in [0.15, 0.2) is 0 Å². The zero-order valence-corrected chi connectivity index (χ0v) is 8.12. The van der Waals surface area contributed by atoms with Gasteiger partial charge in [-0.3, -0.25) is 15.2 Å². The molecule has 0 unspecified atom stereocenters. The number of aromatic nitrogens is 2. The van der Waals surface area contributed by atoms with Crippen molar-refractivity contribution in [1.82, 2.24) is 15.5 Å². The Morgan fingerprint density at radius 1 is 1.50 bits per heavy atom. The van der Waals surface area contributed by atoms with E-state index in [2.05, 4.69) is 15.5 Å². The van der Waals surface area contributed by atoms with Crippen LogP contribution in [-0.2, 0) is 0 Å². The fourth-order valence-corrected chi connectivity index (χ4v) is 1.15. The van der Waals surface area contributed by atoms with Gasteiger partial charge in [0.25, 0.3) is 0 Å². The lowest BCUT2D eigenvalue weighted by molar-refractivity contribution is -0.385. The molecular formula is C8H14N4O2. The lowest BCUT2D eigenvalue weighted by Crippen LogP contribution is -2.03. The monoisotopic (exact) mass is 198 g/mol. The van der Waals surface area contributed by atoms with Gasteiger partial charge in [-0.05, 0) is 32.9 Å². The maximum atomic E-state index is 10.0. The fraction of sp³-hybridized carbons (Fsp3) is 0.625. The molecule has 2 N–H and O–H groups in total. The Morgan fingerprint density at radius 3 is 2.36 bits per heavy atom. The van der Waals surface area contributed by atoms with Crippen LogP contribution in [0.2, 0.25) is 0 Å². The maximum absolute atomic E-state index is 10.0. The summed E-state index contributed by atoms with van der Waals surface area (Å²) < 4.78 is 0. The van der Waals surface area contributed by atoms with E-state index < -0.39 is 4.92 Å². The van der Waals surface area contributed by atoms with Gasteiger partial charge in [0.2, 0.25) is 0 Å². The van der Waals surface area contributed by atoms with Crippen molar-refractivity contribution >= 4 is 5.69 Å². The molecule has 78 valence electrons. The van der Waals surface area contributed by atoms with E-state index in [0.717, 1.165) is 0 Å². The quantitative estimate of drug-likeness (QED) is 0.520. The molecule has 0 aromatic carbocycles. The Balaban J connectivity index is 0.000000165. The van der Waals surface area contributed by atoms with Crippen LogP contribution in [0.15, 0.2) is 6.20 Å². The van der Waals surface area contributed by atoms with Crippen molar-refractivity contribution in [2.24, 2.45) is 0 Å². The van der Waals surface area contributed by atoms with Crippen molar-refractivity contribution in [1.29, 1.82) is 0 Å². The summed E-state index contributed by atoms with van der Waals surface area (Å²) in [6.45, 7) is 4.10. The van der Waals surface area contributed by atoms with E-state index in [-0.39, 0.29) is 5.69 Å². The van der Waals surface area contributed by atoms with Crippen LogP contribution >= 0.6 is 0 Å². The number of hydrogen-bond acceptors (Lipinski definition) is 4. The van der Waals surface area contributed by atoms with Crippen molar-refractivity contribution < 1.29 is 4.92 Å². The molecule has 6 heteroatoms. The molecule has 14 heavy (non-hydrogen) atoms. The third-order valence-electron chi connectivity index (χ3n) is 1.96. The Morgan fingerprint density at radius 2 is 2.14 bits per heavy atom. The summed E-state index contributed by atoms with van der Waals surface area (Å²) in [4.78, 5) is 9.56. The Kier molecular flexibility index (Phi) is 4.06. The smallest absolute Gasteiger partial charge is 0.309 e. The van der Waals surface area contributed by atoms with Crippen LogP contribution in [0.25, 0.3) is 0 Å². The van der Waals surface area contributed by atoms with Crippen LogP contribution in [0.5, 0.6) is 0 Å². The van der Waals surface area contributed by atoms with Crippen LogP contribution in [0.1, 0.15) is 18.5 Å². The molecule has 2 heterocycles. The van der Waals surface area contributed by atoms with E-state index in [1.807, 2.05) is 0 Å². The van der Waals surface area contributed by atoms with Gasteiger partial charge in [-0.1, -0.05) is 0 Å². The molecule has 1 aromatic heterocycles. The molecule has 1 aliphatic heterocycles. The highest BCUT2D eigenvalue weighted by Crippen LogP contribution is 2.11. The summed E-state index contributed by atoms with van der Waals surface area (Å²) in [5.41, 5.74) is 0.523. The molecule has 1 aliphatic rings. The average Bonchev–Trinajstić information content (AvgIpc) is 2.74. The van der Waals surface area contributed by atoms with Gasteiger partial charge in [0.05, 0.1) is 4.92 Å². The van der Waals surface area contributed by atoms with E-state index in [0.29, 0.717) is 5.69 Å². The van der Waals surface area contributed by atoms with Crippen LogP contribution in [-0.4, -0.2) is 28.2 Å². The van der Waals surface area contributed by atoms with Crippen molar-refractivity contribution in [3.8, 4) is 0 Å². The molecule has 1 fully saturated rings. The van der Waals surface area contributed by atoms with E-state index in [9.17, 15) is 10.1 Å². The average molecular weight is 198 g/mol. The van der Waals surface area contributed by atoms with Gasteiger partial charge >= 0.3 is 5.69 Å². The fourth-order valence-electron chi connectivity index (χ4n) is 1.15. The number of nitro groups is 1. The summed E-state index contributed by atoms with van der Waals surface area (Å²) in [7, 11) is 0. The summed E-state index contributed by atoms with van der Waals surface area (Å²) in [6.07, 6.45) is 3.97. The first kappa shape index (κ1) is 10.6. The van der Waals surface area contributed by atoms with Gasteiger partial charge in [-0.25, -0.2) is 0 Å². The topological polar surface area (TPSA) is 83.8 Å². The molecule has 6 nitrogen and oxygen atoms in total. The first-order valence-corrected chi connectivity index (χ1v) is 4.57. The second-order valence-corrected chi connectivity index (χ2v) is 3.09. The van der Waals surface area contributed by atoms with E-state index in [4.69, 9.17) is 0 Å². The highest BCUT2D eigenvalue weighted by Gasteiger charge is 2.09. The van der Waals surface area contributed by atoms with Gasteiger partial charge in [0.1, 0.15) is 11.9 Å².